The van der Waals surface area contributed by atoms with E-state index in [0.29, 0.717) is 0 Å². The highest BCUT2D eigenvalue weighted by atomic mass is 19.4. The number of carboxylic acids is 1. The van der Waals surface area contributed by atoms with Crippen LogP contribution in [0.1, 0.15) is 27.0 Å². The predicted molar refractivity (Wildman–Crippen MR) is 47.9 cm³/mol. The Balaban J connectivity index is 3.51. The Kier molecular flexibility index (Phi) is 2.75. The predicted octanol–water partition coefficient (Wildman–Crippen LogP) is 3.02. The van der Waals surface area contributed by atoms with Gasteiger partial charge in [-0.1, -0.05) is 6.07 Å². The fourth-order valence-electron chi connectivity index (χ4n) is 1.51. The Hall–Kier alpha value is -1.52. The zero-order valence-electron chi connectivity index (χ0n) is 8.14. The summed E-state index contributed by atoms with van der Waals surface area (Å²) in [4.78, 5) is 10.6. The molecule has 1 rings (SSSR count). The first-order valence-electron chi connectivity index (χ1n) is 4.16. The van der Waals surface area contributed by atoms with Crippen molar-refractivity contribution in [1.82, 2.24) is 0 Å². The van der Waals surface area contributed by atoms with E-state index >= 15 is 0 Å². The third-order valence-corrected chi connectivity index (χ3v) is 2.19. The van der Waals surface area contributed by atoms with Crippen LogP contribution in [0.2, 0.25) is 0 Å². The maximum Gasteiger partial charge on any atom is 0.416 e. The molecule has 0 amide bonds. The standard InChI is InChI=1S/C10H9F3O2/c1-5-3-4-7(9(14)15)6(2)8(5)10(11,12)13/h3-4H,1-2H3,(H,14,15). The van der Waals surface area contributed by atoms with E-state index in [9.17, 15) is 18.0 Å². The van der Waals surface area contributed by atoms with Crippen LogP contribution in [-0.4, -0.2) is 11.1 Å². The van der Waals surface area contributed by atoms with Crippen LogP contribution in [0.15, 0.2) is 12.1 Å². The van der Waals surface area contributed by atoms with Gasteiger partial charge in [0.15, 0.2) is 0 Å². The minimum atomic E-state index is -4.51. The number of alkyl halides is 3. The van der Waals surface area contributed by atoms with Gasteiger partial charge < -0.3 is 5.11 Å². The zero-order chi connectivity index (χ0) is 11.8. The third-order valence-electron chi connectivity index (χ3n) is 2.19. The molecule has 82 valence electrons. The number of hydrogen-bond donors (Lipinski definition) is 1. The number of carbonyl (C=O) groups is 1. The topological polar surface area (TPSA) is 37.3 Å². The van der Waals surface area contributed by atoms with Gasteiger partial charge in [-0.3, -0.25) is 0 Å². The largest absolute Gasteiger partial charge is 0.478 e. The molecule has 0 spiro atoms. The van der Waals surface area contributed by atoms with Crippen LogP contribution in [0.25, 0.3) is 0 Å². The molecule has 0 fully saturated rings. The molecule has 0 aliphatic rings. The lowest BCUT2D eigenvalue weighted by Crippen LogP contribution is -2.13. The van der Waals surface area contributed by atoms with E-state index < -0.39 is 17.7 Å². The molecule has 0 saturated carbocycles. The molecule has 1 N–H and O–H groups in total. The van der Waals surface area contributed by atoms with Crippen molar-refractivity contribution in [3.8, 4) is 0 Å². The van der Waals surface area contributed by atoms with Gasteiger partial charge in [-0.05, 0) is 31.0 Å². The lowest BCUT2D eigenvalue weighted by atomic mass is 9.97. The second kappa shape index (κ2) is 3.56. The van der Waals surface area contributed by atoms with Crippen LogP contribution in [0.5, 0.6) is 0 Å². The van der Waals surface area contributed by atoms with Crippen molar-refractivity contribution in [2.75, 3.05) is 0 Å². The molecular weight excluding hydrogens is 209 g/mol. The summed E-state index contributed by atoms with van der Waals surface area (Å²) in [6.07, 6.45) is -4.51. The highest BCUT2D eigenvalue weighted by molar-refractivity contribution is 5.90. The minimum absolute atomic E-state index is 0.0324. The van der Waals surface area contributed by atoms with Gasteiger partial charge in [-0.25, -0.2) is 4.79 Å². The van der Waals surface area contributed by atoms with Crippen molar-refractivity contribution >= 4 is 5.97 Å². The Morgan fingerprint density at radius 2 is 1.80 bits per heavy atom. The Morgan fingerprint density at radius 3 is 2.20 bits per heavy atom. The van der Waals surface area contributed by atoms with Crippen molar-refractivity contribution in [3.63, 3.8) is 0 Å². The van der Waals surface area contributed by atoms with Gasteiger partial charge in [-0.15, -0.1) is 0 Å². The summed E-state index contributed by atoms with van der Waals surface area (Å²) in [5.74, 6) is -1.35. The number of rotatable bonds is 1. The van der Waals surface area contributed by atoms with E-state index in [-0.39, 0.29) is 16.7 Å². The number of halogens is 3. The van der Waals surface area contributed by atoms with Crippen molar-refractivity contribution in [3.05, 3.63) is 34.4 Å². The van der Waals surface area contributed by atoms with Crippen molar-refractivity contribution < 1.29 is 23.1 Å². The molecule has 15 heavy (non-hydrogen) atoms. The van der Waals surface area contributed by atoms with Gasteiger partial charge in [0.2, 0.25) is 0 Å². The molecule has 0 aliphatic carbocycles. The van der Waals surface area contributed by atoms with Gasteiger partial charge in [0, 0.05) is 0 Å². The molecule has 1 aromatic rings. The van der Waals surface area contributed by atoms with Gasteiger partial charge in [0.1, 0.15) is 0 Å². The summed E-state index contributed by atoms with van der Waals surface area (Å²) in [5, 5.41) is 8.68. The quantitative estimate of drug-likeness (QED) is 0.786. The lowest BCUT2D eigenvalue weighted by Gasteiger charge is -2.14. The summed E-state index contributed by atoms with van der Waals surface area (Å²) in [5.41, 5.74) is -1.38. The molecule has 0 radical (unpaired) electrons. The number of carboxylic acid groups (broad SMARTS) is 1. The first kappa shape index (κ1) is 11.6. The van der Waals surface area contributed by atoms with Gasteiger partial charge in [0.25, 0.3) is 0 Å². The van der Waals surface area contributed by atoms with Crippen LogP contribution in [0.3, 0.4) is 0 Å². The van der Waals surface area contributed by atoms with Crippen molar-refractivity contribution in [2.45, 2.75) is 20.0 Å². The van der Waals surface area contributed by atoms with Crippen LogP contribution in [0.4, 0.5) is 13.2 Å². The first-order valence-corrected chi connectivity index (χ1v) is 4.16. The number of hydrogen-bond acceptors (Lipinski definition) is 1. The van der Waals surface area contributed by atoms with Gasteiger partial charge in [-0.2, -0.15) is 13.2 Å². The average molecular weight is 218 g/mol. The second-order valence-corrected chi connectivity index (χ2v) is 3.23. The SMILES string of the molecule is Cc1ccc(C(=O)O)c(C)c1C(F)(F)F. The van der Waals surface area contributed by atoms with Crippen molar-refractivity contribution in [1.29, 1.82) is 0 Å². The molecule has 1 aromatic carbocycles. The molecule has 2 nitrogen and oxygen atoms in total. The maximum atomic E-state index is 12.6. The highest BCUT2D eigenvalue weighted by Gasteiger charge is 2.35. The Labute approximate surface area is 84.3 Å². The second-order valence-electron chi connectivity index (χ2n) is 3.23. The van der Waals surface area contributed by atoms with Gasteiger partial charge >= 0.3 is 12.1 Å². The van der Waals surface area contributed by atoms with Crippen LogP contribution in [0, 0.1) is 13.8 Å². The summed E-state index contributed by atoms with van der Waals surface area (Å²) in [6.45, 7) is 2.47. The van der Waals surface area contributed by atoms with E-state index in [4.69, 9.17) is 5.11 Å². The molecule has 0 aliphatic heterocycles. The molecule has 0 saturated heterocycles. The normalized spacial score (nSPS) is 11.5. The van der Waals surface area contributed by atoms with Crippen LogP contribution < -0.4 is 0 Å². The molecule has 0 aromatic heterocycles. The van der Waals surface area contributed by atoms with Crippen LogP contribution >= 0.6 is 0 Å². The minimum Gasteiger partial charge on any atom is -0.478 e. The number of aryl methyl sites for hydroxylation is 1. The van der Waals surface area contributed by atoms with E-state index in [2.05, 4.69) is 0 Å². The summed E-state index contributed by atoms with van der Waals surface area (Å²) in [7, 11) is 0. The van der Waals surface area contributed by atoms with Crippen LogP contribution in [-0.2, 0) is 6.18 Å². The smallest absolute Gasteiger partial charge is 0.416 e. The monoisotopic (exact) mass is 218 g/mol. The first-order chi connectivity index (χ1) is 6.75. The molecular formula is C10H9F3O2. The highest BCUT2D eigenvalue weighted by Crippen LogP contribution is 2.35. The van der Waals surface area contributed by atoms with E-state index in [1.54, 1.807) is 0 Å². The summed E-state index contributed by atoms with van der Waals surface area (Å²) in [6, 6.07) is 2.35. The maximum absolute atomic E-state index is 12.6. The lowest BCUT2D eigenvalue weighted by molar-refractivity contribution is -0.138. The summed E-state index contributed by atoms with van der Waals surface area (Å²) < 4.78 is 37.7. The van der Waals surface area contributed by atoms with E-state index in [0.717, 1.165) is 0 Å². The van der Waals surface area contributed by atoms with Gasteiger partial charge in [0.05, 0.1) is 11.1 Å². The fraction of sp³-hybridized carbons (Fsp3) is 0.300. The molecule has 0 atom stereocenters. The summed E-state index contributed by atoms with van der Waals surface area (Å²) >= 11 is 0. The number of aromatic carboxylic acids is 1. The third kappa shape index (κ3) is 2.11. The Morgan fingerprint density at radius 1 is 1.27 bits per heavy atom. The molecule has 0 heterocycles. The average Bonchev–Trinajstić information content (AvgIpc) is 2.00. The Bertz CT molecular complexity index is 408. The van der Waals surface area contributed by atoms with E-state index in [1.165, 1.54) is 26.0 Å². The zero-order valence-corrected chi connectivity index (χ0v) is 8.14. The fourth-order valence-corrected chi connectivity index (χ4v) is 1.51. The molecule has 0 unspecified atom stereocenters. The number of benzene rings is 1. The van der Waals surface area contributed by atoms with Crippen molar-refractivity contribution in [2.24, 2.45) is 0 Å². The molecule has 0 bridgehead atoms. The van der Waals surface area contributed by atoms with E-state index in [1.807, 2.05) is 0 Å². The molecule has 5 heteroatoms.